The van der Waals surface area contributed by atoms with Gasteiger partial charge in [-0.15, -0.1) is 0 Å². The maximum absolute atomic E-state index is 12.9. The molecular formula is C27H27N5O2. The number of anilines is 1. The lowest BCUT2D eigenvalue weighted by atomic mass is 10.0. The summed E-state index contributed by atoms with van der Waals surface area (Å²) in [4.78, 5) is 25.9. The molecule has 34 heavy (non-hydrogen) atoms. The molecule has 0 aliphatic carbocycles. The van der Waals surface area contributed by atoms with Gasteiger partial charge in [-0.2, -0.15) is 4.98 Å². The number of hydrogen-bond acceptors (Lipinski definition) is 6. The normalized spacial score (nSPS) is 13.8. The van der Waals surface area contributed by atoms with E-state index in [4.69, 9.17) is 4.52 Å². The van der Waals surface area contributed by atoms with E-state index in [1.54, 1.807) is 6.20 Å². The number of aromatic nitrogens is 3. The Morgan fingerprint density at radius 3 is 2.24 bits per heavy atom. The van der Waals surface area contributed by atoms with Crippen LogP contribution in [0.15, 0.2) is 77.4 Å². The van der Waals surface area contributed by atoms with Crippen LogP contribution in [-0.4, -0.2) is 52.1 Å². The van der Waals surface area contributed by atoms with Crippen LogP contribution in [0.3, 0.4) is 0 Å². The van der Waals surface area contributed by atoms with Gasteiger partial charge in [-0.25, -0.2) is 4.98 Å². The molecule has 0 spiro atoms. The SMILES string of the molecule is CCc1nc(-c2ccc(N3CCN(C(=O)Cc4ccc(-c5ccccc5)cc4)CC3)nc2)no1. The molecule has 7 heteroatoms. The Balaban J connectivity index is 1.14. The third kappa shape index (κ3) is 4.83. The summed E-state index contributed by atoms with van der Waals surface area (Å²) >= 11 is 0. The van der Waals surface area contributed by atoms with Crippen LogP contribution in [-0.2, 0) is 17.6 Å². The molecule has 3 heterocycles. The Bertz CT molecular complexity index is 1230. The van der Waals surface area contributed by atoms with Gasteiger partial charge in [0.25, 0.3) is 0 Å². The molecule has 2 aromatic heterocycles. The third-order valence-corrected chi connectivity index (χ3v) is 6.15. The van der Waals surface area contributed by atoms with E-state index in [0.717, 1.165) is 35.6 Å². The number of carbonyl (C=O) groups is 1. The summed E-state index contributed by atoms with van der Waals surface area (Å²) in [5.41, 5.74) is 4.21. The summed E-state index contributed by atoms with van der Waals surface area (Å²) in [6.07, 6.45) is 2.91. The second-order valence-corrected chi connectivity index (χ2v) is 8.38. The molecule has 0 bridgehead atoms. The maximum atomic E-state index is 12.9. The zero-order valence-corrected chi connectivity index (χ0v) is 19.2. The molecule has 172 valence electrons. The largest absolute Gasteiger partial charge is 0.353 e. The van der Waals surface area contributed by atoms with E-state index in [0.29, 0.717) is 37.6 Å². The Morgan fingerprint density at radius 1 is 0.882 bits per heavy atom. The molecule has 1 fully saturated rings. The van der Waals surface area contributed by atoms with Gasteiger partial charge in [0.05, 0.1) is 6.42 Å². The van der Waals surface area contributed by atoms with Crippen LogP contribution >= 0.6 is 0 Å². The highest BCUT2D eigenvalue weighted by Gasteiger charge is 2.22. The fourth-order valence-corrected chi connectivity index (χ4v) is 4.14. The molecule has 0 unspecified atom stereocenters. The zero-order valence-electron chi connectivity index (χ0n) is 19.2. The number of carbonyl (C=O) groups excluding carboxylic acids is 1. The average molecular weight is 454 g/mol. The van der Waals surface area contributed by atoms with Crippen LogP contribution in [0.2, 0.25) is 0 Å². The quantitative estimate of drug-likeness (QED) is 0.434. The molecule has 0 N–H and O–H groups in total. The first-order valence-electron chi connectivity index (χ1n) is 11.7. The number of pyridine rings is 1. The molecule has 1 saturated heterocycles. The van der Waals surface area contributed by atoms with Crippen molar-refractivity contribution in [2.75, 3.05) is 31.1 Å². The fourth-order valence-electron chi connectivity index (χ4n) is 4.14. The first-order valence-corrected chi connectivity index (χ1v) is 11.7. The minimum Gasteiger partial charge on any atom is -0.353 e. The Morgan fingerprint density at radius 2 is 1.59 bits per heavy atom. The highest BCUT2D eigenvalue weighted by atomic mass is 16.5. The molecule has 1 amide bonds. The Hall–Kier alpha value is -4.00. The maximum Gasteiger partial charge on any atom is 0.227 e. The van der Waals surface area contributed by atoms with Crippen molar-refractivity contribution in [2.45, 2.75) is 19.8 Å². The zero-order chi connectivity index (χ0) is 23.3. The molecule has 7 nitrogen and oxygen atoms in total. The van der Waals surface area contributed by atoms with Crippen LogP contribution < -0.4 is 4.90 Å². The molecule has 0 radical (unpaired) electrons. The number of rotatable bonds is 6. The Labute approximate surface area is 199 Å². The van der Waals surface area contributed by atoms with Gasteiger partial charge in [-0.05, 0) is 28.8 Å². The van der Waals surface area contributed by atoms with Crippen molar-refractivity contribution in [3.05, 3.63) is 84.4 Å². The van der Waals surface area contributed by atoms with Gasteiger partial charge >= 0.3 is 0 Å². The van der Waals surface area contributed by atoms with Gasteiger partial charge in [0.1, 0.15) is 5.82 Å². The molecule has 5 rings (SSSR count). The lowest BCUT2D eigenvalue weighted by Crippen LogP contribution is -2.49. The minimum atomic E-state index is 0.166. The molecule has 4 aromatic rings. The van der Waals surface area contributed by atoms with Crippen molar-refractivity contribution in [1.29, 1.82) is 0 Å². The highest BCUT2D eigenvalue weighted by Crippen LogP contribution is 2.21. The minimum absolute atomic E-state index is 0.166. The number of amides is 1. The summed E-state index contributed by atoms with van der Waals surface area (Å²) in [5, 5.41) is 4.00. The number of piperazine rings is 1. The molecule has 1 aliphatic heterocycles. The van der Waals surface area contributed by atoms with E-state index >= 15 is 0 Å². The number of benzene rings is 2. The van der Waals surface area contributed by atoms with E-state index < -0.39 is 0 Å². The lowest BCUT2D eigenvalue weighted by molar-refractivity contribution is -0.130. The van der Waals surface area contributed by atoms with E-state index in [1.807, 2.05) is 42.2 Å². The molecule has 0 saturated carbocycles. The smallest absolute Gasteiger partial charge is 0.227 e. The van der Waals surface area contributed by atoms with Crippen LogP contribution in [0.5, 0.6) is 0 Å². The molecule has 2 aromatic carbocycles. The van der Waals surface area contributed by atoms with Crippen molar-refractivity contribution in [3.8, 4) is 22.5 Å². The van der Waals surface area contributed by atoms with Gasteiger partial charge in [0.15, 0.2) is 0 Å². The molecule has 1 aliphatic rings. The molecular weight excluding hydrogens is 426 g/mol. The predicted octanol–water partition coefficient (Wildman–Crippen LogP) is 4.25. The summed E-state index contributed by atoms with van der Waals surface area (Å²) in [6.45, 7) is 4.87. The average Bonchev–Trinajstić information content (AvgIpc) is 3.39. The summed E-state index contributed by atoms with van der Waals surface area (Å²) in [6, 6.07) is 22.5. The number of nitrogens with zero attached hydrogens (tertiary/aromatic N) is 5. The van der Waals surface area contributed by atoms with Crippen molar-refractivity contribution >= 4 is 11.7 Å². The van der Waals surface area contributed by atoms with Crippen molar-refractivity contribution < 1.29 is 9.32 Å². The van der Waals surface area contributed by atoms with Gasteiger partial charge in [-0.1, -0.05) is 66.7 Å². The van der Waals surface area contributed by atoms with E-state index in [9.17, 15) is 4.79 Å². The predicted molar refractivity (Wildman–Crippen MR) is 131 cm³/mol. The summed E-state index contributed by atoms with van der Waals surface area (Å²) < 4.78 is 5.18. The van der Waals surface area contributed by atoms with E-state index in [2.05, 4.69) is 56.4 Å². The number of aryl methyl sites for hydroxylation is 1. The lowest BCUT2D eigenvalue weighted by Gasteiger charge is -2.35. The van der Waals surface area contributed by atoms with Crippen LogP contribution in [0.1, 0.15) is 18.4 Å². The highest BCUT2D eigenvalue weighted by molar-refractivity contribution is 5.79. The second kappa shape index (κ2) is 9.87. The van der Waals surface area contributed by atoms with Gasteiger partial charge in [0, 0.05) is 44.4 Å². The van der Waals surface area contributed by atoms with Crippen molar-refractivity contribution in [1.82, 2.24) is 20.0 Å². The number of hydrogen-bond donors (Lipinski definition) is 0. The van der Waals surface area contributed by atoms with E-state index in [-0.39, 0.29) is 5.91 Å². The van der Waals surface area contributed by atoms with Crippen molar-refractivity contribution in [3.63, 3.8) is 0 Å². The topological polar surface area (TPSA) is 75.4 Å². The van der Waals surface area contributed by atoms with Gasteiger partial charge in [0.2, 0.25) is 17.6 Å². The Kier molecular flexibility index (Phi) is 6.33. The van der Waals surface area contributed by atoms with E-state index in [1.165, 1.54) is 5.56 Å². The first kappa shape index (κ1) is 21.8. The summed E-state index contributed by atoms with van der Waals surface area (Å²) in [7, 11) is 0. The molecule has 0 atom stereocenters. The fraction of sp³-hybridized carbons (Fsp3) is 0.259. The van der Waals surface area contributed by atoms with Crippen LogP contribution in [0, 0.1) is 0 Å². The van der Waals surface area contributed by atoms with Crippen LogP contribution in [0.4, 0.5) is 5.82 Å². The second-order valence-electron chi connectivity index (χ2n) is 8.38. The van der Waals surface area contributed by atoms with Crippen LogP contribution in [0.25, 0.3) is 22.5 Å². The van der Waals surface area contributed by atoms with Gasteiger partial charge in [-0.3, -0.25) is 4.79 Å². The third-order valence-electron chi connectivity index (χ3n) is 6.15. The van der Waals surface area contributed by atoms with Crippen molar-refractivity contribution in [2.24, 2.45) is 0 Å². The standard InChI is InChI=1S/C27H27N5O2/c1-2-25-29-27(30-34-25)23-12-13-24(28-19-23)31-14-16-32(17-15-31)26(33)18-20-8-10-22(11-9-20)21-6-4-3-5-7-21/h3-13,19H,2,14-18H2,1H3. The summed E-state index contributed by atoms with van der Waals surface area (Å²) in [5.74, 6) is 2.24. The first-order chi connectivity index (χ1) is 16.7. The monoisotopic (exact) mass is 453 g/mol. The van der Waals surface area contributed by atoms with Gasteiger partial charge < -0.3 is 14.3 Å².